The number of nitro groups is 1. The van der Waals surface area contributed by atoms with Gasteiger partial charge in [0.1, 0.15) is 0 Å². The lowest BCUT2D eigenvalue weighted by atomic mass is 9.94. The van der Waals surface area contributed by atoms with Crippen LogP contribution in [0.25, 0.3) is 0 Å². The molecule has 0 fully saturated rings. The minimum absolute atomic E-state index is 0.0123. The lowest BCUT2D eigenvalue weighted by Gasteiger charge is -2.14. The summed E-state index contributed by atoms with van der Waals surface area (Å²) in [5.41, 5.74) is 2.03. The van der Waals surface area contributed by atoms with Crippen LogP contribution >= 0.6 is 0 Å². The van der Waals surface area contributed by atoms with Gasteiger partial charge in [-0.2, -0.15) is 0 Å². The second-order valence-corrected chi connectivity index (χ2v) is 3.76. The summed E-state index contributed by atoms with van der Waals surface area (Å²) in [7, 11) is 0. The molecule has 0 spiro atoms. The van der Waals surface area contributed by atoms with Gasteiger partial charge >= 0.3 is 0 Å². The predicted molar refractivity (Wildman–Crippen MR) is 59.7 cm³/mol. The number of nitrogens with zero attached hydrogens (tertiary/aromatic N) is 2. The van der Waals surface area contributed by atoms with Gasteiger partial charge in [0.05, 0.1) is 16.2 Å². The molecule has 0 aromatic heterocycles. The Morgan fingerprint density at radius 2 is 2.12 bits per heavy atom. The first-order chi connectivity index (χ1) is 7.52. The second kappa shape index (κ2) is 3.52. The molecule has 1 aromatic carbocycles. The third-order valence-electron chi connectivity index (χ3n) is 2.70. The maximum Gasteiger partial charge on any atom is 0.273 e. The molecule has 5 heteroatoms. The number of aryl methyl sites for hydroxylation is 1. The Hall–Kier alpha value is -2.04. The van der Waals surface area contributed by atoms with Gasteiger partial charge in [-0.3, -0.25) is 19.9 Å². The summed E-state index contributed by atoms with van der Waals surface area (Å²) < 4.78 is 0. The zero-order valence-corrected chi connectivity index (χ0v) is 8.98. The molecule has 0 bridgehead atoms. The van der Waals surface area contributed by atoms with E-state index in [2.05, 4.69) is 4.99 Å². The molecule has 2 rings (SSSR count). The molecule has 16 heavy (non-hydrogen) atoms. The first kappa shape index (κ1) is 10.5. The van der Waals surface area contributed by atoms with Crippen molar-refractivity contribution in [3.8, 4) is 0 Å². The van der Waals surface area contributed by atoms with E-state index < -0.39 is 4.92 Å². The van der Waals surface area contributed by atoms with E-state index in [1.54, 1.807) is 20.1 Å². The monoisotopic (exact) mass is 218 g/mol. The molecule has 0 saturated heterocycles. The van der Waals surface area contributed by atoms with Crippen molar-refractivity contribution in [2.24, 2.45) is 4.99 Å². The second-order valence-electron chi connectivity index (χ2n) is 3.76. The van der Waals surface area contributed by atoms with Crippen molar-refractivity contribution in [3.05, 3.63) is 32.9 Å². The lowest BCUT2D eigenvalue weighted by Crippen LogP contribution is -2.09. The van der Waals surface area contributed by atoms with E-state index in [0.717, 1.165) is 0 Å². The molecular weight excluding hydrogens is 208 g/mol. The summed E-state index contributed by atoms with van der Waals surface area (Å²) >= 11 is 0. The van der Waals surface area contributed by atoms with Crippen LogP contribution in [0.4, 0.5) is 11.4 Å². The Labute approximate surface area is 92.0 Å². The van der Waals surface area contributed by atoms with Crippen LogP contribution in [0, 0.1) is 24.0 Å². The van der Waals surface area contributed by atoms with Gasteiger partial charge in [-0.1, -0.05) is 0 Å². The molecule has 5 nitrogen and oxygen atoms in total. The van der Waals surface area contributed by atoms with Gasteiger partial charge in [0.15, 0.2) is 5.78 Å². The minimum atomic E-state index is -0.464. The van der Waals surface area contributed by atoms with Crippen LogP contribution in [0.3, 0.4) is 0 Å². The van der Waals surface area contributed by atoms with Crippen molar-refractivity contribution in [1.82, 2.24) is 0 Å². The number of fused-ring (bicyclic) bond motifs is 1. The Kier molecular flexibility index (Phi) is 2.30. The first-order valence-electron chi connectivity index (χ1n) is 4.86. The normalized spacial score (nSPS) is 13.8. The minimum Gasteiger partial charge on any atom is -0.294 e. The van der Waals surface area contributed by atoms with Crippen molar-refractivity contribution in [1.29, 1.82) is 0 Å². The molecule has 0 aliphatic carbocycles. The van der Waals surface area contributed by atoms with Crippen LogP contribution < -0.4 is 0 Å². The Morgan fingerprint density at radius 1 is 1.44 bits per heavy atom. The standard InChI is InChI=1S/C11H10N2O3/c1-6-5-8(13(15)16)7(2)10-9(14)3-4-12-11(6)10/h4-5H,3H2,1-2H3. The van der Waals surface area contributed by atoms with E-state index >= 15 is 0 Å². The van der Waals surface area contributed by atoms with Crippen molar-refractivity contribution in [2.75, 3.05) is 0 Å². The molecule has 1 aliphatic rings. The highest BCUT2D eigenvalue weighted by Crippen LogP contribution is 2.35. The maximum absolute atomic E-state index is 11.7. The third kappa shape index (κ3) is 1.41. The molecule has 1 aliphatic heterocycles. The fourth-order valence-electron chi connectivity index (χ4n) is 1.90. The highest BCUT2D eigenvalue weighted by Gasteiger charge is 2.25. The first-order valence-corrected chi connectivity index (χ1v) is 4.86. The number of hydrogen-bond acceptors (Lipinski definition) is 4. The summed E-state index contributed by atoms with van der Waals surface area (Å²) in [6.45, 7) is 3.32. The van der Waals surface area contributed by atoms with Crippen molar-refractivity contribution < 1.29 is 9.72 Å². The van der Waals surface area contributed by atoms with Crippen LogP contribution in [-0.4, -0.2) is 16.9 Å². The van der Waals surface area contributed by atoms with Gasteiger partial charge in [0.2, 0.25) is 0 Å². The van der Waals surface area contributed by atoms with Gasteiger partial charge in [0, 0.05) is 24.3 Å². The number of benzene rings is 1. The summed E-state index contributed by atoms with van der Waals surface area (Å²) in [5.74, 6) is -0.102. The van der Waals surface area contributed by atoms with Crippen molar-refractivity contribution >= 4 is 23.4 Å². The number of Topliss-reactive ketones (excluding diaryl/α,β-unsaturated/α-hetero) is 1. The van der Waals surface area contributed by atoms with E-state index in [9.17, 15) is 14.9 Å². The predicted octanol–water partition coefficient (Wildman–Crippen LogP) is 2.50. The SMILES string of the molecule is Cc1cc([N+](=O)[O-])c(C)c2c1N=CCC2=O. The van der Waals surface area contributed by atoms with Crippen LogP contribution in [0.5, 0.6) is 0 Å². The fourth-order valence-corrected chi connectivity index (χ4v) is 1.90. The maximum atomic E-state index is 11.7. The van der Waals surface area contributed by atoms with E-state index in [4.69, 9.17) is 0 Å². The highest BCUT2D eigenvalue weighted by atomic mass is 16.6. The topological polar surface area (TPSA) is 72.6 Å². The highest BCUT2D eigenvalue weighted by molar-refractivity contribution is 6.12. The molecule has 1 aromatic rings. The average molecular weight is 218 g/mol. The molecule has 0 radical (unpaired) electrons. The molecule has 0 atom stereocenters. The van der Waals surface area contributed by atoms with Crippen molar-refractivity contribution in [3.63, 3.8) is 0 Å². The molecular formula is C11H10N2O3. The summed E-state index contributed by atoms with van der Waals surface area (Å²) in [6.07, 6.45) is 1.76. The van der Waals surface area contributed by atoms with Gasteiger partial charge in [0.25, 0.3) is 5.69 Å². The number of carbonyl (C=O) groups excluding carboxylic acids is 1. The summed E-state index contributed by atoms with van der Waals surface area (Å²) in [6, 6.07) is 1.46. The fraction of sp³-hybridized carbons (Fsp3) is 0.273. The Balaban J connectivity index is 2.80. The number of rotatable bonds is 1. The quantitative estimate of drug-likeness (QED) is 0.537. The zero-order chi connectivity index (χ0) is 11.9. The lowest BCUT2D eigenvalue weighted by molar-refractivity contribution is -0.385. The Bertz CT molecular complexity index is 533. The molecule has 82 valence electrons. The van der Waals surface area contributed by atoms with Gasteiger partial charge < -0.3 is 0 Å². The van der Waals surface area contributed by atoms with E-state index in [1.807, 2.05) is 0 Å². The molecule has 0 unspecified atom stereocenters. The smallest absolute Gasteiger partial charge is 0.273 e. The van der Waals surface area contributed by atoms with Crippen LogP contribution in [0.15, 0.2) is 11.1 Å². The summed E-state index contributed by atoms with van der Waals surface area (Å²) in [4.78, 5) is 26.2. The number of hydrogen-bond donors (Lipinski definition) is 0. The van der Waals surface area contributed by atoms with Crippen molar-refractivity contribution in [2.45, 2.75) is 20.3 Å². The number of carbonyl (C=O) groups is 1. The zero-order valence-electron chi connectivity index (χ0n) is 8.98. The van der Waals surface area contributed by atoms with Gasteiger partial charge in [-0.15, -0.1) is 0 Å². The molecule has 0 saturated carbocycles. The van der Waals surface area contributed by atoms with E-state index in [0.29, 0.717) is 22.4 Å². The average Bonchev–Trinajstić information content (AvgIpc) is 2.22. The molecule has 0 N–H and O–H groups in total. The third-order valence-corrected chi connectivity index (χ3v) is 2.70. The summed E-state index contributed by atoms with van der Waals surface area (Å²) in [5, 5.41) is 10.8. The largest absolute Gasteiger partial charge is 0.294 e. The molecule has 0 amide bonds. The van der Waals surface area contributed by atoms with Gasteiger partial charge in [-0.25, -0.2) is 0 Å². The number of nitro benzene ring substituents is 1. The van der Waals surface area contributed by atoms with Crippen LogP contribution in [0.2, 0.25) is 0 Å². The van der Waals surface area contributed by atoms with Gasteiger partial charge in [-0.05, 0) is 19.4 Å². The molecule has 1 heterocycles. The van der Waals surface area contributed by atoms with E-state index in [-0.39, 0.29) is 17.9 Å². The van der Waals surface area contributed by atoms with E-state index in [1.165, 1.54) is 6.07 Å². The Morgan fingerprint density at radius 3 is 2.75 bits per heavy atom. The van der Waals surface area contributed by atoms with Crippen LogP contribution in [-0.2, 0) is 0 Å². The number of ketones is 1. The van der Waals surface area contributed by atoms with Crippen LogP contribution in [0.1, 0.15) is 27.9 Å². The number of aliphatic imine (C=N–C) groups is 1.